The minimum Gasteiger partial charge on any atom is -0.366 e. The predicted octanol–water partition coefficient (Wildman–Crippen LogP) is 1.82. The standard InChI is InChI=1S/C16H22N2O3/c1-3-12-5-7-13(8-6-12)17-15(19)11-14-16(20)18(4-2)9-10-21-14/h5-8,14H,3-4,9-11H2,1-2H3,(H,17,19)/t14-/m1/s1. The van der Waals surface area contributed by atoms with Crippen molar-refractivity contribution in [1.29, 1.82) is 0 Å². The molecule has 1 fully saturated rings. The van der Waals surface area contributed by atoms with Gasteiger partial charge in [0, 0.05) is 18.8 Å². The number of anilines is 1. The lowest BCUT2D eigenvalue weighted by Gasteiger charge is -2.31. The SMILES string of the molecule is CCc1ccc(NC(=O)C[C@H]2OCCN(CC)C2=O)cc1. The summed E-state index contributed by atoms with van der Waals surface area (Å²) >= 11 is 0. The smallest absolute Gasteiger partial charge is 0.252 e. The Morgan fingerprint density at radius 1 is 1.33 bits per heavy atom. The number of nitrogens with one attached hydrogen (secondary N) is 1. The van der Waals surface area contributed by atoms with Gasteiger partial charge in [0.1, 0.15) is 6.10 Å². The number of amides is 2. The molecule has 1 atom stereocenters. The van der Waals surface area contributed by atoms with E-state index in [1.807, 2.05) is 31.2 Å². The van der Waals surface area contributed by atoms with Crippen LogP contribution in [0.2, 0.25) is 0 Å². The summed E-state index contributed by atoms with van der Waals surface area (Å²) in [4.78, 5) is 25.8. The van der Waals surface area contributed by atoms with Gasteiger partial charge in [0.2, 0.25) is 5.91 Å². The third-order valence-corrected chi connectivity index (χ3v) is 3.67. The molecule has 114 valence electrons. The van der Waals surface area contributed by atoms with E-state index in [0.717, 1.165) is 12.1 Å². The lowest BCUT2D eigenvalue weighted by Crippen LogP contribution is -2.48. The molecule has 5 heteroatoms. The second-order valence-electron chi connectivity index (χ2n) is 5.08. The molecular weight excluding hydrogens is 268 g/mol. The molecule has 0 spiro atoms. The van der Waals surface area contributed by atoms with Crippen LogP contribution in [0.5, 0.6) is 0 Å². The summed E-state index contributed by atoms with van der Waals surface area (Å²) in [5.74, 6) is -0.296. The van der Waals surface area contributed by atoms with Gasteiger partial charge in [-0.2, -0.15) is 0 Å². The van der Waals surface area contributed by atoms with E-state index >= 15 is 0 Å². The van der Waals surface area contributed by atoms with Gasteiger partial charge in [0.25, 0.3) is 5.91 Å². The molecule has 1 heterocycles. The van der Waals surface area contributed by atoms with E-state index in [4.69, 9.17) is 4.74 Å². The number of likely N-dealkylation sites (N-methyl/N-ethyl adjacent to an activating group) is 1. The first kappa shape index (κ1) is 15.5. The van der Waals surface area contributed by atoms with Crippen molar-refractivity contribution in [2.24, 2.45) is 0 Å². The molecule has 1 aliphatic heterocycles. The van der Waals surface area contributed by atoms with Crippen LogP contribution in [-0.2, 0) is 20.7 Å². The van der Waals surface area contributed by atoms with Crippen LogP contribution in [0.1, 0.15) is 25.8 Å². The molecule has 1 N–H and O–H groups in total. The fourth-order valence-corrected chi connectivity index (χ4v) is 2.35. The Morgan fingerprint density at radius 2 is 2.05 bits per heavy atom. The summed E-state index contributed by atoms with van der Waals surface area (Å²) < 4.78 is 5.42. The number of carbonyl (C=O) groups is 2. The second kappa shape index (κ2) is 7.22. The Kier molecular flexibility index (Phi) is 5.33. The van der Waals surface area contributed by atoms with Crippen molar-refractivity contribution in [2.75, 3.05) is 25.0 Å². The van der Waals surface area contributed by atoms with Crippen LogP contribution in [-0.4, -0.2) is 42.5 Å². The van der Waals surface area contributed by atoms with Gasteiger partial charge < -0.3 is 15.0 Å². The summed E-state index contributed by atoms with van der Waals surface area (Å²) in [5, 5.41) is 2.80. The van der Waals surface area contributed by atoms with Crippen LogP contribution in [0, 0.1) is 0 Å². The van der Waals surface area contributed by atoms with E-state index in [1.165, 1.54) is 5.56 Å². The highest BCUT2D eigenvalue weighted by Crippen LogP contribution is 2.14. The molecular formula is C16H22N2O3. The molecule has 1 aromatic rings. The lowest BCUT2D eigenvalue weighted by molar-refractivity contribution is -0.154. The van der Waals surface area contributed by atoms with Crippen molar-refractivity contribution >= 4 is 17.5 Å². The fourth-order valence-electron chi connectivity index (χ4n) is 2.35. The third kappa shape index (κ3) is 4.04. The van der Waals surface area contributed by atoms with Gasteiger partial charge in [-0.15, -0.1) is 0 Å². The predicted molar refractivity (Wildman–Crippen MR) is 81.1 cm³/mol. The normalized spacial score (nSPS) is 18.7. The fraction of sp³-hybridized carbons (Fsp3) is 0.500. The molecule has 2 amide bonds. The average molecular weight is 290 g/mol. The molecule has 0 bridgehead atoms. The minimum absolute atomic E-state index is 0.0604. The number of ether oxygens (including phenoxy) is 1. The van der Waals surface area contributed by atoms with Crippen LogP contribution >= 0.6 is 0 Å². The van der Waals surface area contributed by atoms with Crippen molar-refractivity contribution in [1.82, 2.24) is 4.90 Å². The highest BCUT2D eigenvalue weighted by Gasteiger charge is 2.30. The summed E-state index contributed by atoms with van der Waals surface area (Å²) in [6.07, 6.45) is 0.365. The van der Waals surface area contributed by atoms with Gasteiger partial charge in [-0.05, 0) is 31.0 Å². The van der Waals surface area contributed by atoms with Gasteiger partial charge in [0.15, 0.2) is 0 Å². The van der Waals surface area contributed by atoms with Crippen LogP contribution in [0.15, 0.2) is 24.3 Å². The van der Waals surface area contributed by atoms with Gasteiger partial charge in [-0.3, -0.25) is 9.59 Å². The number of hydrogen-bond acceptors (Lipinski definition) is 3. The van der Waals surface area contributed by atoms with Crippen LogP contribution < -0.4 is 5.32 Å². The molecule has 0 radical (unpaired) electrons. The van der Waals surface area contributed by atoms with E-state index in [0.29, 0.717) is 19.7 Å². The summed E-state index contributed by atoms with van der Waals surface area (Å²) in [6, 6.07) is 7.71. The van der Waals surface area contributed by atoms with Gasteiger partial charge in [0.05, 0.1) is 13.0 Å². The maximum atomic E-state index is 12.0. The topological polar surface area (TPSA) is 58.6 Å². The number of hydrogen-bond donors (Lipinski definition) is 1. The molecule has 0 aliphatic carbocycles. The number of carbonyl (C=O) groups excluding carboxylic acids is 2. The van der Waals surface area contributed by atoms with E-state index in [-0.39, 0.29) is 18.2 Å². The summed E-state index contributed by atoms with van der Waals surface area (Å²) in [7, 11) is 0. The van der Waals surface area contributed by atoms with Gasteiger partial charge >= 0.3 is 0 Å². The Bertz CT molecular complexity index is 499. The first-order valence-electron chi connectivity index (χ1n) is 7.43. The highest BCUT2D eigenvalue weighted by molar-refractivity contribution is 5.95. The number of morpholine rings is 1. The number of aryl methyl sites for hydroxylation is 1. The van der Waals surface area contributed by atoms with Crippen LogP contribution in [0.25, 0.3) is 0 Å². The first-order valence-corrected chi connectivity index (χ1v) is 7.43. The zero-order valence-electron chi connectivity index (χ0n) is 12.6. The van der Waals surface area contributed by atoms with E-state index in [9.17, 15) is 9.59 Å². The number of nitrogens with zero attached hydrogens (tertiary/aromatic N) is 1. The van der Waals surface area contributed by atoms with E-state index < -0.39 is 6.10 Å². The number of benzene rings is 1. The Labute approximate surface area is 125 Å². The minimum atomic E-state index is -0.659. The zero-order chi connectivity index (χ0) is 15.2. The van der Waals surface area contributed by atoms with Gasteiger partial charge in [-0.1, -0.05) is 19.1 Å². The van der Waals surface area contributed by atoms with E-state index in [2.05, 4.69) is 12.2 Å². The van der Waals surface area contributed by atoms with Crippen molar-refractivity contribution in [3.63, 3.8) is 0 Å². The molecule has 0 aromatic heterocycles. The molecule has 0 unspecified atom stereocenters. The maximum absolute atomic E-state index is 12.0. The maximum Gasteiger partial charge on any atom is 0.252 e. The number of rotatable bonds is 5. The Morgan fingerprint density at radius 3 is 2.67 bits per heavy atom. The van der Waals surface area contributed by atoms with Crippen molar-refractivity contribution in [2.45, 2.75) is 32.8 Å². The monoisotopic (exact) mass is 290 g/mol. The molecule has 0 saturated carbocycles. The average Bonchev–Trinajstić information content (AvgIpc) is 2.50. The zero-order valence-corrected chi connectivity index (χ0v) is 12.6. The van der Waals surface area contributed by atoms with Crippen molar-refractivity contribution in [3.8, 4) is 0 Å². The molecule has 5 nitrogen and oxygen atoms in total. The first-order chi connectivity index (χ1) is 10.1. The van der Waals surface area contributed by atoms with Crippen molar-refractivity contribution in [3.05, 3.63) is 29.8 Å². The third-order valence-electron chi connectivity index (χ3n) is 3.67. The summed E-state index contributed by atoms with van der Waals surface area (Å²) in [6.45, 7) is 5.75. The lowest BCUT2D eigenvalue weighted by atomic mass is 10.1. The highest BCUT2D eigenvalue weighted by atomic mass is 16.5. The van der Waals surface area contributed by atoms with Crippen LogP contribution in [0.3, 0.4) is 0 Å². The van der Waals surface area contributed by atoms with Gasteiger partial charge in [-0.25, -0.2) is 0 Å². The quantitative estimate of drug-likeness (QED) is 0.900. The molecule has 2 rings (SSSR count). The van der Waals surface area contributed by atoms with Crippen LogP contribution in [0.4, 0.5) is 5.69 Å². The Hall–Kier alpha value is -1.88. The van der Waals surface area contributed by atoms with Crippen molar-refractivity contribution < 1.29 is 14.3 Å². The molecule has 21 heavy (non-hydrogen) atoms. The molecule has 1 aromatic carbocycles. The molecule has 1 saturated heterocycles. The Balaban J connectivity index is 1.90. The largest absolute Gasteiger partial charge is 0.366 e. The molecule has 1 aliphatic rings. The second-order valence-corrected chi connectivity index (χ2v) is 5.08. The summed E-state index contributed by atoms with van der Waals surface area (Å²) in [5.41, 5.74) is 1.96. The van der Waals surface area contributed by atoms with E-state index in [1.54, 1.807) is 4.90 Å².